The van der Waals surface area contributed by atoms with E-state index < -0.39 is 5.97 Å². The van der Waals surface area contributed by atoms with Crippen LogP contribution in [0.1, 0.15) is 10.4 Å². The molecule has 1 rings (SSSR count). The zero-order chi connectivity index (χ0) is 9.30. The van der Waals surface area contributed by atoms with Gasteiger partial charge in [0.05, 0.1) is 11.7 Å². The van der Waals surface area contributed by atoms with Crippen molar-refractivity contribution in [3.05, 3.63) is 24.8 Å². The summed E-state index contributed by atoms with van der Waals surface area (Å²) in [6.07, 6.45) is 0. The van der Waals surface area contributed by atoms with Crippen LogP contribution in [-0.2, 0) is 0 Å². The minimum atomic E-state index is -1.23. The van der Waals surface area contributed by atoms with Crippen LogP contribution < -0.4 is 10.8 Å². The number of hydrogen-bond acceptors (Lipinski definition) is 3. The number of anilines is 1. The first-order valence-corrected chi connectivity index (χ1v) is 5.14. The van der Waals surface area contributed by atoms with Gasteiger partial charge >= 0.3 is 0 Å². The van der Waals surface area contributed by atoms with Crippen LogP contribution in [0.5, 0.6) is 0 Å². The summed E-state index contributed by atoms with van der Waals surface area (Å²) < 4.78 is 1.57. The summed E-state index contributed by atoms with van der Waals surface area (Å²) in [7, 11) is 0. The molecule has 1 aromatic rings. The number of carbonyl (C=O) groups excluding carboxylic acids is 1. The molecule has 12 heavy (non-hydrogen) atoms. The van der Waals surface area contributed by atoms with E-state index in [0.717, 1.165) is 7.14 Å². The Bertz CT molecular complexity index is 338. The molecule has 0 radical (unpaired) electrons. The molecule has 2 N–H and O–H groups in total. The Morgan fingerprint density at radius 1 is 1.42 bits per heavy atom. The van der Waals surface area contributed by atoms with Gasteiger partial charge in [-0.3, -0.25) is 0 Å². The highest BCUT2D eigenvalue weighted by Gasteiger charge is 2.05. The van der Waals surface area contributed by atoms with Crippen LogP contribution in [0, 0.1) is 7.14 Å². The second kappa shape index (κ2) is 3.77. The number of rotatable bonds is 1. The van der Waals surface area contributed by atoms with Gasteiger partial charge in [-0.2, -0.15) is 0 Å². The van der Waals surface area contributed by atoms with Crippen LogP contribution in [-0.4, -0.2) is 5.97 Å². The number of carboxylic acids is 1. The number of nitrogens with two attached hydrogens (primary N) is 1. The third-order valence-electron chi connectivity index (χ3n) is 1.31. The van der Waals surface area contributed by atoms with Crippen LogP contribution in [0.2, 0.25) is 0 Å². The Balaban J connectivity index is 3.37. The van der Waals surface area contributed by atoms with Crippen molar-refractivity contribution < 1.29 is 9.90 Å². The van der Waals surface area contributed by atoms with Crippen molar-refractivity contribution >= 4 is 56.8 Å². The fraction of sp³-hybridized carbons (Fsp3) is 0. The molecule has 0 fully saturated rings. The van der Waals surface area contributed by atoms with Gasteiger partial charge in [-0.05, 0) is 57.3 Å². The van der Waals surface area contributed by atoms with Gasteiger partial charge in [0.2, 0.25) is 0 Å². The molecule has 0 atom stereocenters. The maximum Gasteiger partial charge on any atom is 0.0736 e. The number of nitrogen functional groups attached to an aromatic ring is 1. The molecular weight excluding hydrogens is 384 g/mol. The summed E-state index contributed by atoms with van der Waals surface area (Å²) in [6.45, 7) is 0. The fourth-order valence-electron chi connectivity index (χ4n) is 0.754. The van der Waals surface area contributed by atoms with Crippen molar-refractivity contribution in [1.29, 1.82) is 0 Å². The SMILES string of the molecule is Nc1c(I)cc(I)cc1C(=O)[O-]. The van der Waals surface area contributed by atoms with Crippen molar-refractivity contribution in [3.63, 3.8) is 0 Å². The molecule has 64 valence electrons. The standard InChI is InChI=1S/C7H5I2NO2/c8-3-1-4(7(11)12)6(10)5(9)2-3/h1-2H,10H2,(H,11,12)/p-1. The molecule has 0 bridgehead atoms. The molecule has 0 aliphatic rings. The van der Waals surface area contributed by atoms with E-state index in [1.807, 2.05) is 51.2 Å². The normalized spacial score (nSPS) is 9.83. The second-order valence-corrected chi connectivity index (χ2v) is 4.54. The average molecular weight is 388 g/mol. The van der Waals surface area contributed by atoms with Gasteiger partial charge in [0.25, 0.3) is 0 Å². The quantitative estimate of drug-likeness (QED) is 0.573. The summed E-state index contributed by atoms with van der Waals surface area (Å²) in [5.41, 5.74) is 5.86. The molecule has 0 aliphatic heterocycles. The molecular formula is C7H4I2NO2-. The highest BCUT2D eigenvalue weighted by Crippen LogP contribution is 2.22. The van der Waals surface area contributed by atoms with Gasteiger partial charge in [-0.25, -0.2) is 0 Å². The zero-order valence-electron chi connectivity index (χ0n) is 5.80. The van der Waals surface area contributed by atoms with E-state index in [4.69, 9.17) is 5.73 Å². The summed E-state index contributed by atoms with van der Waals surface area (Å²) in [4.78, 5) is 10.5. The van der Waals surface area contributed by atoms with Crippen LogP contribution >= 0.6 is 45.2 Å². The molecule has 3 nitrogen and oxygen atoms in total. The van der Waals surface area contributed by atoms with Gasteiger partial charge in [0.15, 0.2) is 0 Å². The van der Waals surface area contributed by atoms with E-state index in [2.05, 4.69) is 0 Å². The number of halogens is 2. The first kappa shape index (κ1) is 10.0. The summed E-state index contributed by atoms with van der Waals surface area (Å²) in [6, 6.07) is 3.30. The van der Waals surface area contributed by atoms with Gasteiger partial charge in [-0.15, -0.1) is 0 Å². The molecule has 0 aliphatic carbocycles. The minimum absolute atomic E-state index is 0.0614. The summed E-state index contributed by atoms with van der Waals surface area (Å²) in [5.74, 6) is -1.23. The van der Waals surface area contributed by atoms with Crippen molar-refractivity contribution in [2.24, 2.45) is 0 Å². The van der Waals surface area contributed by atoms with E-state index in [-0.39, 0.29) is 11.3 Å². The number of aromatic carboxylic acids is 1. The average Bonchev–Trinajstić information content (AvgIpc) is 1.96. The van der Waals surface area contributed by atoms with Crippen molar-refractivity contribution in [2.45, 2.75) is 0 Å². The van der Waals surface area contributed by atoms with E-state index in [9.17, 15) is 9.90 Å². The Labute approximate surface area is 96.6 Å². The molecule has 0 amide bonds. The van der Waals surface area contributed by atoms with E-state index in [1.165, 1.54) is 6.07 Å². The van der Waals surface area contributed by atoms with Crippen LogP contribution in [0.3, 0.4) is 0 Å². The lowest BCUT2D eigenvalue weighted by Gasteiger charge is -2.08. The van der Waals surface area contributed by atoms with Crippen molar-refractivity contribution in [1.82, 2.24) is 0 Å². The number of carbonyl (C=O) groups is 1. The first-order valence-electron chi connectivity index (χ1n) is 2.98. The molecule has 0 heterocycles. The van der Waals surface area contributed by atoms with E-state index in [1.54, 1.807) is 0 Å². The lowest BCUT2D eigenvalue weighted by atomic mass is 10.2. The van der Waals surface area contributed by atoms with Crippen molar-refractivity contribution in [3.8, 4) is 0 Å². The van der Waals surface area contributed by atoms with Gasteiger partial charge in [0.1, 0.15) is 0 Å². The first-order chi connectivity index (χ1) is 5.52. The van der Waals surface area contributed by atoms with Crippen LogP contribution in [0.4, 0.5) is 5.69 Å². The Hall–Kier alpha value is -0.0500. The molecule has 0 aromatic heterocycles. The number of carboxylic acid groups (broad SMARTS) is 1. The van der Waals surface area contributed by atoms with Gasteiger partial charge in [0, 0.05) is 12.7 Å². The Kier molecular flexibility index (Phi) is 3.16. The Morgan fingerprint density at radius 3 is 2.50 bits per heavy atom. The molecule has 5 heteroatoms. The predicted octanol–water partition coefficient (Wildman–Crippen LogP) is 0.842. The number of hydrogen-bond donors (Lipinski definition) is 1. The molecule has 0 unspecified atom stereocenters. The lowest BCUT2D eigenvalue weighted by molar-refractivity contribution is -0.254. The largest absolute Gasteiger partial charge is 0.545 e. The molecule has 0 saturated carbocycles. The highest BCUT2D eigenvalue weighted by molar-refractivity contribution is 14.1. The van der Waals surface area contributed by atoms with Crippen LogP contribution in [0.15, 0.2) is 12.1 Å². The van der Waals surface area contributed by atoms with Gasteiger partial charge < -0.3 is 15.6 Å². The van der Waals surface area contributed by atoms with E-state index >= 15 is 0 Å². The minimum Gasteiger partial charge on any atom is -0.545 e. The second-order valence-electron chi connectivity index (χ2n) is 2.14. The van der Waals surface area contributed by atoms with Gasteiger partial charge in [-0.1, -0.05) is 0 Å². The van der Waals surface area contributed by atoms with Crippen LogP contribution in [0.25, 0.3) is 0 Å². The third-order valence-corrected chi connectivity index (χ3v) is 2.83. The monoisotopic (exact) mass is 388 g/mol. The lowest BCUT2D eigenvalue weighted by Crippen LogP contribution is -2.24. The highest BCUT2D eigenvalue weighted by atomic mass is 127. The topological polar surface area (TPSA) is 66.2 Å². The fourth-order valence-corrected chi connectivity index (χ4v) is 2.60. The summed E-state index contributed by atoms with van der Waals surface area (Å²) in [5, 5.41) is 10.5. The van der Waals surface area contributed by atoms with E-state index in [0.29, 0.717) is 0 Å². The predicted molar refractivity (Wildman–Crippen MR) is 60.6 cm³/mol. The third kappa shape index (κ3) is 2.00. The van der Waals surface area contributed by atoms with Crippen molar-refractivity contribution in [2.75, 3.05) is 5.73 Å². The maximum absolute atomic E-state index is 10.5. The number of benzene rings is 1. The molecule has 0 spiro atoms. The summed E-state index contributed by atoms with van der Waals surface area (Å²) >= 11 is 4.02. The molecule has 0 saturated heterocycles. The Morgan fingerprint density at radius 2 is 2.00 bits per heavy atom. The molecule has 1 aromatic carbocycles. The zero-order valence-corrected chi connectivity index (χ0v) is 10.1. The smallest absolute Gasteiger partial charge is 0.0736 e. The maximum atomic E-state index is 10.5.